The van der Waals surface area contributed by atoms with Gasteiger partial charge in [-0.15, -0.1) is 0 Å². The van der Waals surface area contributed by atoms with E-state index in [0.29, 0.717) is 36.0 Å². The van der Waals surface area contributed by atoms with Crippen LogP contribution < -0.4 is 24.3 Å². The van der Waals surface area contributed by atoms with Gasteiger partial charge in [-0.05, 0) is 30.5 Å². The topological polar surface area (TPSA) is 86.3 Å². The molecule has 8 nitrogen and oxygen atoms in total. The lowest BCUT2D eigenvalue weighted by molar-refractivity contribution is -0.143. The lowest BCUT2D eigenvalue weighted by Crippen LogP contribution is -2.50. The zero-order valence-corrected chi connectivity index (χ0v) is 20.1. The quantitative estimate of drug-likeness (QED) is 0.495. The van der Waals surface area contributed by atoms with Crippen molar-refractivity contribution in [2.75, 3.05) is 34.5 Å². The highest BCUT2D eigenvalue weighted by Crippen LogP contribution is 2.27. The summed E-state index contributed by atoms with van der Waals surface area (Å²) in [6.45, 7) is 4.43. The largest absolute Gasteiger partial charge is 0.497 e. The van der Waals surface area contributed by atoms with Gasteiger partial charge in [0.05, 0.1) is 21.3 Å². The Morgan fingerprint density at radius 3 is 2.12 bits per heavy atom. The van der Waals surface area contributed by atoms with E-state index in [9.17, 15) is 9.59 Å². The van der Waals surface area contributed by atoms with E-state index in [0.717, 1.165) is 12.0 Å². The van der Waals surface area contributed by atoms with Crippen molar-refractivity contribution in [2.45, 2.75) is 39.3 Å². The summed E-state index contributed by atoms with van der Waals surface area (Å²) in [6.07, 6.45) is 1.28. The molecular formula is C25H34N2O6. The molecule has 0 aromatic heterocycles. The predicted molar refractivity (Wildman–Crippen MR) is 126 cm³/mol. The van der Waals surface area contributed by atoms with Crippen LogP contribution in [0, 0.1) is 0 Å². The van der Waals surface area contributed by atoms with Crippen molar-refractivity contribution in [3.05, 3.63) is 48.0 Å². The van der Waals surface area contributed by atoms with Gasteiger partial charge in [0.2, 0.25) is 5.91 Å². The van der Waals surface area contributed by atoms with Crippen molar-refractivity contribution in [1.29, 1.82) is 0 Å². The van der Waals surface area contributed by atoms with Crippen LogP contribution in [-0.4, -0.2) is 57.2 Å². The van der Waals surface area contributed by atoms with Crippen LogP contribution in [0.4, 0.5) is 0 Å². The van der Waals surface area contributed by atoms with Crippen LogP contribution in [0.15, 0.2) is 42.5 Å². The second-order valence-electron chi connectivity index (χ2n) is 7.43. The van der Waals surface area contributed by atoms with E-state index >= 15 is 0 Å². The Labute approximate surface area is 195 Å². The molecule has 0 unspecified atom stereocenters. The van der Waals surface area contributed by atoms with Crippen molar-refractivity contribution in [3.63, 3.8) is 0 Å². The first-order valence-electron chi connectivity index (χ1n) is 11.0. The second kappa shape index (κ2) is 13.2. The lowest BCUT2D eigenvalue weighted by atomic mass is 10.1. The molecule has 0 saturated carbocycles. The maximum atomic E-state index is 13.3. The number of benzene rings is 2. The molecule has 33 heavy (non-hydrogen) atoms. The molecule has 1 atom stereocenters. The zero-order chi connectivity index (χ0) is 24.2. The van der Waals surface area contributed by atoms with Gasteiger partial charge in [-0.2, -0.15) is 0 Å². The van der Waals surface area contributed by atoms with Gasteiger partial charge < -0.3 is 29.2 Å². The van der Waals surface area contributed by atoms with E-state index in [1.165, 1.54) is 0 Å². The normalized spacial score (nSPS) is 11.3. The summed E-state index contributed by atoms with van der Waals surface area (Å²) in [4.78, 5) is 27.7. The summed E-state index contributed by atoms with van der Waals surface area (Å²) < 4.78 is 21.6. The van der Waals surface area contributed by atoms with Crippen LogP contribution in [0.25, 0.3) is 0 Å². The molecule has 2 aromatic carbocycles. The van der Waals surface area contributed by atoms with E-state index in [1.54, 1.807) is 44.4 Å². The van der Waals surface area contributed by atoms with Crippen LogP contribution in [0.3, 0.4) is 0 Å². The minimum Gasteiger partial charge on any atom is -0.497 e. The predicted octanol–water partition coefficient (Wildman–Crippen LogP) is 3.42. The summed E-state index contributed by atoms with van der Waals surface area (Å²) >= 11 is 0. The Bertz CT molecular complexity index is 895. The minimum atomic E-state index is -0.626. The van der Waals surface area contributed by atoms with Crippen LogP contribution in [0.2, 0.25) is 0 Å². The van der Waals surface area contributed by atoms with E-state index in [2.05, 4.69) is 5.32 Å². The maximum absolute atomic E-state index is 13.3. The first-order chi connectivity index (χ1) is 15.9. The Morgan fingerprint density at radius 2 is 1.55 bits per heavy atom. The maximum Gasteiger partial charge on any atom is 0.261 e. The fourth-order valence-electron chi connectivity index (χ4n) is 3.35. The molecule has 8 heteroatoms. The standard InChI is InChI=1S/C25H34N2O6/c1-6-11-26-25(29)23(7-2)27(16-18-9-8-10-19(12-18)30-3)24(28)17-33-22-14-20(31-4)13-21(15-22)32-5/h8-10,12-15,23H,6-7,11,16-17H2,1-5H3,(H,26,29)/t23-/m1/s1. The Morgan fingerprint density at radius 1 is 0.909 bits per heavy atom. The summed E-state index contributed by atoms with van der Waals surface area (Å²) in [7, 11) is 4.67. The molecule has 0 fully saturated rings. The molecule has 2 aromatic rings. The number of methoxy groups -OCH3 is 3. The fraction of sp³-hybridized carbons (Fsp3) is 0.440. The van der Waals surface area contributed by atoms with Gasteiger partial charge in [0.25, 0.3) is 5.91 Å². The Hall–Kier alpha value is -3.42. The highest BCUT2D eigenvalue weighted by Gasteiger charge is 2.29. The molecule has 0 heterocycles. The third-order valence-electron chi connectivity index (χ3n) is 5.11. The number of nitrogens with zero attached hydrogens (tertiary/aromatic N) is 1. The molecule has 0 aliphatic heterocycles. The molecule has 2 amide bonds. The van der Waals surface area contributed by atoms with Crippen molar-refractivity contribution in [3.8, 4) is 23.0 Å². The fourth-order valence-corrected chi connectivity index (χ4v) is 3.35. The van der Waals surface area contributed by atoms with E-state index < -0.39 is 6.04 Å². The lowest BCUT2D eigenvalue weighted by Gasteiger charge is -2.30. The smallest absolute Gasteiger partial charge is 0.261 e. The van der Waals surface area contributed by atoms with Crippen molar-refractivity contribution in [1.82, 2.24) is 10.2 Å². The molecule has 0 spiro atoms. The molecule has 0 aliphatic carbocycles. The molecule has 0 aliphatic rings. The number of carbonyl (C=O) groups is 2. The van der Waals surface area contributed by atoms with Gasteiger partial charge in [0.1, 0.15) is 29.0 Å². The van der Waals surface area contributed by atoms with E-state index in [-0.39, 0.29) is 25.0 Å². The van der Waals surface area contributed by atoms with Crippen LogP contribution in [0.1, 0.15) is 32.3 Å². The van der Waals surface area contributed by atoms with Gasteiger partial charge in [-0.1, -0.05) is 26.0 Å². The monoisotopic (exact) mass is 458 g/mol. The Balaban J connectivity index is 2.25. The van der Waals surface area contributed by atoms with E-state index in [4.69, 9.17) is 18.9 Å². The first-order valence-corrected chi connectivity index (χ1v) is 11.0. The van der Waals surface area contributed by atoms with Gasteiger partial charge in [0, 0.05) is 31.3 Å². The number of amides is 2. The minimum absolute atomic E-state index is 0.182. The zero-order valence-electron chi connectivity index (χ0n) is 20.1. The molecule has 180 valence electrons. The molecule has 0 bridgehead atoms. The van der Waals surface area contributed by atoms with Gasteiger partial charge >= 0.3 is 0 Å². The first kappa shape index (κ1) is 25.8. The van der Waals surface area contributed by atoms with Crippen molar-refractivity contribution >= 4 is 11.8 Å². The number of ether oxygens (including phenoxy) is 4. The van der Waals surface area contributed by atoms with Gasteiger partial charge in [0.15, 0.2) is 6.61 Å². The Kier molecular flexibility index (Phi) is 10.3. The summed E-state index contributed by atoms with van der Waals surface area (Å²) in [5.74, 6) is 1.73. The summed E-state index contributed by atoms with van der Waals surface area (Å²) in [5.41, 5.74) is 0.854. The van der Waals surface area contributed by atoms with Crippen LogP contribution in [-0.2, 0) is 16.1 Å². The van der Waals surface area contributed by atoms with Crippen molar-refractivity contribution in [2.24, 2.45) is 0 Å². The molecule has 0 radical (unpaired) electrons. The van der Waals surface area contributed by atoms with Gasteiger partial charge in [-0.25, -0.2) is 0 Å². The SMILES string of the molecule is CCCNC(=O)[C@@H](CC)N(Cc1cccc(OC)c1)C(=O)COc1cc(OC)cc(OC)c1. The number of hydrogen-bond donors (Lipinski definition) is 1. The van der Waals surface area contributed by atoms with Crippen LogP contribution in [0.5, 0.6) is 23.0 Å². The summed E-state index contributed by atoms with van der Waals surface area (Å²) in [6, 6.07) is 11.9. The van der Waals surface area contributed by atoms with E-state index in [1.807, 2.05) is 38.1 Å². The van der Waals surface area contributed by atoms with Gasteiger partial charge in [-0.3, -0.25) is 9.59 Å². The molecule has 1 N–H and O–H groups in total. The number of rotatable bonds is 13. The number of nitrogens with one attached hydrogen (secondary N) is 1. The highest BCUT2D eigenvalue weighted by molar-refractivity contribution is 5.88. The third kappa shape index (κ3) is 7.59. The summed E-state index contributed by atoms with van der Waals surface area (Å²) in [5, 5.41) is 2.90. The molecular weight excluding hydrogens is 424 g/mol. The van der Waals surface area contributed by atoms with Crippen molar-refractivity contribution < 1.29 is 28.5 Å². The highest BCUT2D eigenvalue weighted by atomic mass is 16.5. The van der Waals surface area contributed by atoms with Crippen LogP contribution >= 0.6 is 0 Å². The molecule has 0 saturated heterocycles. The molecule has 2 rings (SSSR count). The average molecular weight is 459 g/mol. The number of hydrogen-bond acceptors (Lipinski definition) is 6. The number of carbonyl (C=O) groups excluding carboxylic acids is 2. The third-order valence-corrected chi connectivity index (χ3v) is 5.11. The average Bonchev–Trinajstić information content (AvgIpc) is 2.85. The second-order valence-corrected chi connectivity index (χ2v) is 7.43.